The van der Waals surface area contributed by atoms with Crippen molar-refractivity contribution in [1.82, 2.24) is 24.3 Å². The van der Waals surface area contributed by atoms with Crippen molar-refractivity contribution in [2.24, 2.45) is 0 Å². The minimum Gasteiger partial charge on any atom is -0.393 e. The van der Waals surface area contributed by atoms with Crippen molar-refractivity contribution in [2.75, 3.05) is 89.3 Å². The van der Waals surface area contributed by atoms with E-state index in [2.05, 4.69) is 79.0 Å². The molecule has 0 bridgehead atoms. The van der Waals surface area contributed by atoms with Crippen molar-refractivity contribution in [3.8, 4) is 0 Å². The molecule has 0 radical (unpaired) electrons. The number of aryl methyl sites for hydroxylation is 1. The fourth-order valence-corrected chi connectivity index (χ4v) is 7.18. The number of piperazine rings is 1. The van der Waals surface area contributed by atoms with Crippen molar-refractivity contribution in [3.05, 3.63) is 42.5 Å². The van der Waals surface area contributed by atoms with E-state index >= 15 is 0 Å². The van der Waals surface area contributed by atoms with Crippen LogP contribution in [0.3, 0.4) is 0 Å². The van der Waals surface area contributed by atoms with Gasteiger partial charge in [-0.15, -0.1) is 0 Å². The Morgan fingerprint density at radius 1 is 0.854 bits per heavy atom. The number of hydrogen-bond donors (Lipinski definition) is 2. The minimum absolute atomic E-state index is 0.118. The first-order valence-electron chi connectivity index (χ1n) is 15.8. The fraction of sp³-hybridized carbons (Fsp3) is 0.545. The Balaban J connectivity index is 1.18. The Morgan fingerprint density at radius 2 is 1.66 bits per heavy atom. The highest BCUT2D eigenvalue weighted by molar-refractivity contribution is 6.17. The molecular formula is C33H45N7O. The number of anilines is 2. The van der Waals surface area contributed by atoms with E-state index in [0.29, 0.717) is 0 Å². The number of likely N-dealkylation sites (tertiary alicyclic amines) is 1. The monoisotopic (exact) mass is 555 g/mol. The zero-order valence-corrected chi connectivity index (χ0v) is 24.6. The Kier molecular flexibility index (Phi) is 7.73. The van der Waals surface area contributed by atoms with Crippen LogP contribution < -0.4 is 10.2 Å². The number of aliphatic hydroxyl groups is 1. The molecule has 2 N–H and O–H groups in total. The van der Waals surface area contributed by atoms with Gasteiger partial charge >= 0.3 is 0 Å². The van der Waals surface area contributed by atoms with E-state index in [0.717, 1.165) is 81.8 Å². The van der Waals surface area contributed by atoms with E-state index in [1.54, 1.807) is 0 Å². The number of aliphatic hydroxyl groups excluding tert-OH is 1. The predicted molar refractivity (Wildman–Crippen MR) is 170 cm³/mol. The number of nitrogens with zero attached hydrogens (tertiary/aromatic N) is 6. The number of fused-ring (bicyclic) bond motifs is 5. The molecule has 0 unspecified atom stereocenters. The van der Waals surface area contributed by atoms with Crippen LogP contribution in [0.25, 0.3) is 32.8 Å². The van der Waals surface area contributed by atoms with Gasteiger partial charge in [-0.05, 0) is 63.5 Å². The lowest BCUT2D eigenvalue weighted by atomic mass is 10.1. The molecule has 2 aromatic carbocycles. The maximum atomic E-state index is 9.81. The third kappa shape index (κ3) is 5.50. The van der Waals surface area contributed by atoms with Crippen molar-refractivity contribution in [1.29, 1.82) is 0 Å². The number of aromatic nitrogens is 2. The van der Waals surface area contributed by atoms with E-state index in [-0.39, 0.29) is 6.10 Å². The Labute approximate surface area is 243 Å². The molecule has 5 heterocycles. The molecule has 0 spiro atoms. The zero-order valence-electron chi connectivity index (χ0n) is 24.6. The maximum absolute atomic E-state index is 9.81. The number of piperidine rings is 1. The summed E-state index contributed by atoms with van der Waals surface area (Å²) < 4.78 is 2.54. The summed E-state index contributed by atoms with van der Waals surface area (Å²) in [4.78, 5) is 15.5. The summed E-state index contributed by atoms with van der Waals surface area (Å²) in [5.74, 6) is 0. The molecule has 4 aromatic rings. The van der Waals surface area contributed by atoms with Gasteiger partial charge in [0.1, 0.15) is 0 Å². The smallest absolute Gasteiger partial charge is 0.0989 e. The predicted octanol–water partition coefficient (Wildman–Crippen LogP) is 4.06. The van der Waals surface area contributed by atoms with Gasteiger partial charge < -0.3 is 34.6 Å². The van der Waals surface area contributed by atoms with E-state index < -0.39 is 0 Å². The lowest BCUT2D eigenvalue weighted by Crippen LogP contribution is -2.45. The van der Waals surface area contributed by atoms with Gasteiger partial charge in [0.25, 0.3) is 0 Å². The first-order valence-corrected chi connectivity index (χ1v) is 15.8. The van der Waals surface area contributed by atoms with Gasteiger partial charge in [-0.1, -0.05) is 18.2 Å². The summed E-state index contributed by atoms with van der Waals surface area (Å²) in [6.07, 6.45) is 3.99. The van der Waals surface area contributed by atoms with Gasteiger partial charge in [0.2, 0.25) is 0 Å². The first kappa shape index (κ1) is 27.0. The molecule has 0 amide bonds. The van der Waals surface area contributed by atoms with Crippen LogP contribution in [-0.2, 0) is 6.54 Å². The Morgan fingerprint density at radius 3 is 2.51 bits per heavy atom. The number of pyridine rings is 1. The van der Waals surface area contributed by atoms with Gasteiger partial charge in [-0.3, -0.25) is 0 Å². The summed E-state index contributed by atoms with van der Waals surface area (Å²) in [6.45, 7) is 13.0. The zero-order chi connectivity index (χ0) is 27.8. The van der Waals surface area contributed by atoms with Crippen molar-refractivity contribution in [3.63, 3.8) is 0 Å². The van der Waals surface area contributed by atoms with Gasteiger partial charge in [0.05, 0.1) is 33.9 Å². The average molecular weight is 556 g/mol. The molecule has 3 aliphatic rings. The number of hydrogen-bond acceptors (Lipinski definition) is 7. The molecule has 0 aliphatic carbocycles. The van der Waals surface area contributed by atoms with E-state index in [1.165, 1.54) is 66.6 Å². The molecular weight excluding hydrogens is 510 g/mol. The normalized spacial score (nSPS) is 19.9. The SMILES string of the molecule is CN1CCN(CCCN2CCCn3c4ccc(NCCN5CCC(O)CC5)cc4c4nc5ccccc5c2c43)CC1. The van der Waals surface area contributed by atoms with Crippen LogP contribution in [0.1, 0.15) is 25.7 Å². The summed E-state index contributed by atoms with van der Waals surface area (Å²) in [5, 5.41) is 16.0. The Hall–Kier alpha value is -2.91. The summed E-state index contributed by atoms with van der Waals surface area (Å²) in [7, 11) is 2.23. The third-order valence-electron chi connectivity index (χ3n) is 9.59. The van der Waals surface area contributed by atoms with Gasteiger partial charge in [-0.25, -0.2) is 4.98 Å². The minimum atomic E-state index is -0.118. The van der Waals surface area contributed by atoms with Crippen LogP contribution >= 0.6 is 0 Å². The molecule has 3 aliphatic heterocycles. The van der Waals surface area contributed by atoms with Gasteiger partial charge in [0, 0.05) is 88.5 Å². The van der Waals surface area contributed by atoms with Crippen LogP contribution in [-0.4, -0.2) is 115 Å². The second kappa shape index (κ2) is 11.8. The van der Waals surface area contributed by atoms with Gasteiger partial charge in [0.15, 0.2) is 0 Å². The highest BCUT2D eigenvalue weighted by Gasteiger charge is 2.25. The average Bonchev–Trinajstić information content (AvgIpc) is 3.16. The van der Waals surface area contributed by atoms with Gasteiger partial charge in [-0.2, -0.15) is 0 Å². The number of para-hydroxylation sites is 1. The molecule has 41 heavy (non-hydrogen) atoms. The molecule has 218 valence electrons. The number of benzene rings is 2. The van der Waals surface area contributed by atoms with Crippen LogP contribution in [0, 0.1) is 0 Å². The maximum Gasteiger partial charge on any atom is 0.0989 e. The molecule has 7 rings (SSSR count). The summed E-state index contributed by atoms with van der Waals surface area (Å²) in [5.41, 5.74) is 7.35. The molecule has 2 fully saturated rings. The van der Waals surface area contributed by atoms with E-state index in [9.17, 15) is 5.11 Å². The molecule has 0 atom stereocenters. The van der Waals surface area contributed by atoms with Crippen LogP contribution in [0.15, 0.2) is 42.5 Å². The first-order chi connectivity index (χ1) is 20.1. The standard InChI is InChI=1S/C33H45N7O/c1-36-20-22-37(23-21-36)13-4-14-39-15-5-16-40-30-9-8-25(34-12-19-38-17-10-26(41)11-18-38)24-28(30)31-33(40)32(39)27-6-2-3-7-29(27)35-31/h2-3,6-9,24,26,34,41H,4-5,10-23H2,1H3. The number of rotatable bonds is 8. The van der Waals surface area contributed by atoms with Crippen LogP contribution in [0.4, 0.5) is 11.4 Å². The van der Waals surface area contributed by atoms with Crippen molar-refractivity contribution < 1.29 is 5.11 Å². The molecule has 8 heteroatoms. The summed E-state index contributed by atoms with van der Waals surface area (Å²) in [6, 6.07) is 15.6. The molecule has 0 saturated carbocycles. The fourth-order valence-electron chi connectivity index (χ4n) is 7.18. The van der Waals surface area contributed by atoms with Crippen LogP contribution in [0.5, 0.6) is 0 Å². The largest absolute Gasteiger partial charge is 0.393 e. The topological polar surface area (TPSA) is 63.0 Å². The highest BCUT2D eigenvalue weighted by atomic mass is 16.3. The number of nitrogens with one attached hydrogen (secondary N) is 1. The van der Waals surface area contributed by atoms with E-state index in [4.69, 9.17) is 4.98 Å². The summed E-state index contributed by atoms with van der Waals surface area (Å²) >= 11 is 0. The second-order valence-electron chi connectivity index (χ2n) is 12.4. The second-order valence-corrected chi connectivity index (χ2v) is 12.4. The Bertz CT molecular complexity index is 1500. The molecule has 2 aromatic heterocycles. The van der Waals surface area contributed by atoms with Crippen molar-refractivity contribution in [2.45, 2.75) is 38.3 Å². The van der Waals surface area contributed by atoms with Crippen molar-refractivity contribution >= 4 is 44.2 Å². The lowest BCUT2D eigenvalue weighted by molar-refractivity contribution is 0.0845. The third-order valence-corrected chi connectivity index (χ3v) is 9.59. The highest BCUT2D eigenvalue weighted by Crippen LogP contribution is 2.41. The molecule has 2 saturated heterocycles. The lowest BCUT2D eigenvalue weighted by Gasteiger charge is -2.33. The van der Waals surface area contributed by atoms with Crippen LogP contribution in [0.2, 0.25) is 0 Å². The van der Waals surface area contributed by atoms with E-state index in [1.807, 2.05) is 0 Å². The number of likely N-dealkylation sites (N-methyl/N-ethyl adjacent to an activating group) is 1. The molecule has 8 nitrogen and oxygen atoms in total. The quantitative estimate of drug-likeness (QED) is 0.340.